The van der Waals surface area contributed by atoms with Gasteiger partial charge in [0.15, 0.2) is 11.5 Å². The molecule has 0 bridgehead atoms. The second kappa shape index (κ2) is 6.62. The Kier molecular flexibility index (Phi) is 4.82. The van der Waals surface area contributed by atoms with E-state index in [1.54, 1.807) is 38.1 Å². The molecule has 0 aliphatic carbocycles. The zero-order chi connectivity index (χ0) is 16.3. The highest BCUT2D eigenvalue weighted by Gasteiger charge is 2.25. The zero-order valence-corrected chi connectivity index (χ0v) is 12.8. The van der Waals surface area contributed by atoms with Crippen LogP contribution >= 0.6 is 11.6 Å². The van der Waals surface area contributed by atoms with Crippen molar-refractivity contribution in [2.75, 3.05) is 0 Å². The molecule has 2 N–H and O–H groups in total. The number of aliphatic carboxylic acids is 1. The summed E-state index contributed by atoms with van der Waals surface area (Å²) in [5, 5.41) is 15.7. The second-order valence-corrected chi connectivity index (χ2v) is 5.56. The van der Waals surface area contributed by atoms with Crippen LogP contribution in [0.5, 0.6) is 0 Å². The van der Waals surface area contributed by atoms with E-state index in [0.29, 0.717) is 16.3 Å². The molecule has 0 spiro atoms. The number of halogens is 1. The molecule has 2 aromatic rings. The van der Waals surface area contributed by atoms with Crippen molar-refractivity contribution in [3.05, 3.63) is 41.0 Å². The number of amides is 1. The van der Waals surface area contributed by atoms with Gasteiger partial charge in [-0.25, -0.2) is 4.79 Å². The fraction of sp³-hybridized carbons (Fsp3) is 0.267. The Hall–Kier alpha value is -2.34. The first kappa shape index (κ1) is 16.0. The van der Waals surface area contributed by atoms with Gasteiger partial charge in [0.2, 0.25) is 0 Å². The summed E-state index contributed by atoms with van der Waals surface area (Å²) in [4.78, 5) is 23.2. The van der Waals surface area contributed by atoms with Crippen LogP contribution in [0.2, 0.25) is 5.02 Å². The number of nitrogens with one attached hydrogen (secondary N) is 1. The van der Waals surface area contributed by atoms with E-state index in [4.69, 9.17) is 21.2 Å². The number of carbonyl (C=O) groups excluding carboxylic acids is 1. The first-order chi connectivity index (χ1) is 10.4. The van der Waals surface area contributed by atoms with Crippen LogP contribution in [0.3, 0.4) is 0 Å². The molecule has 0 radical (unpaired) electrons. The number of hydrogen-bond acceptors (Lipinski definition) is 4. The molecule has 116 valence electrons. The van der Waals surface area contributed by atoms with Gasteiger partial charge in [-0.1, -0.05) is 42.7 Å². The Labute approximate surface area is 132 Å². The van der Waals surface area contributed by atoms with Gasteiger partial charge in [-0.3, -0.25) is 4.79 Å². The standard InChI is InChI=1S/C15H15ClN2O4/c1-8(2)13(15(20)21)17-14(19)11-7-12(22-18-11)9-4-3-5-10(16)6-9/h3-8,13H,1-2H3,(H,17,19)(H,20,21)/t13-/m0/s1. The van der Waals surface area contributed by atoms with Crippen molar-refractivity contribution in [2.45, 2.75) is 19.9 Å². The van der Waals surface area contributed by atoms with Gasteiger partial charge in [0, 0.05) is 16.7 Å². The van der Waals surface area contributed by atoms with Crippen LogP contribution in [-0.4, -0.2) is 28.2 Å². The lowest BCUT2D eigenvalue weighted by atomic mass is 10.0. The van der Waals surface area contributed by atoms with Crippen LogP contribution in [-0.2, 0) is 4.79 Å². The molecule has 0 aliphatic rings. The third kappa shape index (κ3) is 3.65. The first-order valence-electron chi connectivity index (χ1n) is 6.65. The van der Waals surface area contributed by atoms with Gasteiger partial charge in [0.1, 0.15) is 6.04 Å². The number of rotatable bonds is 5. The number of aromatic nitrogens is 1. The minimum Gasteiger partial charge on any atom is -0.480 e. The normalized spacial score (nSPS) is 12.2. The predicted molar refractivity (Wildman–Crippen MR) is 80.7 cm³/mol. The first-order valence-corrected chi connectivity index (χ1v) is 7.02. The van der Waals surface area contributed by atoms with Crippen LogP contribution in [0.1, 0.15) is 24.3 Å². The van der Waals surface area contributed by atoms with E-state index in [-0.39, 0.29) is 11.6 Å². The molecule has 0 unspecified atom stereocenters. The topological polar surface area (TPSA) is 92.4 Å². The van der Waals surface area contributed by atoms with Crippen molar-refractivity contribution in [3.63, 3.8) is 0 Å². The minimum atomic E-state index is -1.10. The summed E-state index contributed by atoms with van der Waals surface area (Å²) in [7, 11) is 0. The number of carboxylic acid groups (broad SMARTS) is 1. The van der Waals surface area contributed by atoms with E-state index in [1.807, 2.05) is 0 Å². The van der Waals surface area contributed by atoms with Crippen LogP contribution in [0, 0.1) is 5.92 Å². The molecular weight excluding hydrogens is 308 g/mol. The molecule has 1 atom stereocenters. The molecule has 2 rings (SSSR count). The molecular formula is C15H15ClN2O4. The van der Waals surface area contributed by atoms with Crippen molar-refractivity contribution in [1.82, 2.24) is 10.5 Å². The Morgan fingerprint density at radius 1 is 1.32 bits per heavy atom. The van der Waals surface area contributed by atoms with Gasteiger partial charge < -0.3 is 14.9 Å². The molecule has 0 aliphatic heterocycles. The van der Waals surface area contributed by atoms with Gasteiger partial charge in [0.25, 0.3) is 5.91 Å². The highest BCUT2D eigenvalue weighted by atomic mass is 35.5. The van der Waals surface area contributed by atoms with Crippen molar-refractivity contribution in [2.24, 2.45) is 5.92 Å². The fourth-order valence-corrected chi connectivity index (χ4v) is 2.08. The molecule has 1 aromatic carbocycles. The second-order valence-electron chi connectivity index (χ2n) is 5.12. The van der Waals surface area contributed by atoms with Gasteiger partial charge in [-0.2, -0.15) is 0 Å². The van der Waals surface area contributed by atoms with Gasteiger partial charge in [-0.15, -0.1) is 0 Å². The van der Waals surface area contributed by atoms with E-state index < -0.39 is 17.9 Å². The number of hydrogen-bond donors (Lipinski definition) is 2. The van der Waals surface area contributed by atoms with E-state index in [0.717, 1.165) is 0 Å². The summed E-state index contributed by atoms with van der Waals surface area (Å²) in [5.74, 6) is -1.56. The van der Waals surface area contributed by atoms with Gasteiger partial charge in [0.05, 0.1) is 0 Å². The van der Waals surface area contributed by atoms with Crippen LogP contribution in [0.15, 0.2) is 34.9 Å². The number of benzene rings is 1. The summed E-state index contributed by atoms with van der Waals surface area (Å²) in [6, 6.07) is 7.37. The van der Waals surface area contributed by atoms with Gasteiger partial charge in [-0.05, 0) is 18.1 Å². The Morgan fingerprint density at radius 3 is 2.64 bits per heavy atom. The minimum absolute atomic E-state index is 0.0156. The van der Waals surface area contributed by atoms with Crippen molar-refractivity contribution < 1.29 is 19.2 Å². The Morgan fingerprint density at radius 2 is 2.05 bits per heavy atom. The third-order valence-electron chi connectivity index (χ3n) is 3.07. The van der Waals surface area contributed by atoms with E-state index in [1.165, 1.54) is 6.07 Å². The van der Waals surface area contributed by atoms with Crippen molar-refractivity contribution in [3.8, 4) is 11.3 Å². The Balaban J connectivity index is 2.17. The lowest BCUT2D eigenvalue weighted by Gasteiger charge is -2.16. The average Bonchev–Trinajstić information content (AvgIpc) is 2.93. The molecule has 1 aromatic heterocycles. The summed E-state index contributed by atoms with van der Waals surface area (Å²) in [6.45, 7) is 3.42. The quantitative estimate of drug-likeness (QED) is 0.883. The van der Waals surface area contributed by atoms with Crippen LogP contribution in [0.25, 0.3) is 11.3 Å². The smallest absolute Gasteiger partial charge is 0.326 e. The zero-order valence-electron chi connectivity index (χ0n) is 12.0. The maximum Gasteiger partial charge on any atom is 0.326 e. The lowest BCUT2D eigenvalue weighted by Crippen LogP contribution is -2.44. The molecule has 7 heteroatoms. The molecule has 22 heavy (non-hydrogen) atoms. The monoisotopic (exact) mass is 322 g/mol. The predicted octanol–water partition coefficient (Wildman–Crippen LogP) is 2.83. The maximum atomic E-state index is 12.1. The van der Waals surface area contributed by atoms with E-state index in [9.17, 15) is 9.59 Å². The molecule has 0 saturated carbocycles. The number of nitrogens with zero attached hydrogens (tertiary/aromatic N) is 1. The van der Waals surface area contributed by atoms with Crippen LogP contribution in [0.4, 0.5) is 0 Å². The number of carbonyl (C=O) groups is 2. The summed E-state index contributed by atoms with van der Waals surface area (Å²) in [5.41, 5.74) is 0.694. The van der Waals surface area contributed by atoms with E-state index >= 15 is 0 Å². The third-order valence-corrected chi connectivity index (χ3v) is 3.31. The van der Waals surface area contributed by atoms with Crippen molar-refractivity contribution in [1.29, 1.82) is 0 Å². The van der Waals surface area contributed by atoms with Gasteiger partial charge >= 0.3 is 5.97 Å². The lowest BCUT2D eigenvalue weighted by molar-refractivity contribution is -0.140. The molecule has 1 amide bonds. The summed E-state index contributed by atoms with van der Waals surface area (Å²) >= 11 is 5.90. The largest absolute Gasteiger partial charge is 0.480 e. The molecule has 0 saturated heterocycles. The maximum absolute atomic E-state index is 12.1. The van der Waals surface area contributed by atoms with E-state index in [2.05, 4.69) is 10.5 Å². The summed E-state index contributed by atoms with van der Waals surface area (Å²) < 4.78 is 5.11. The highest BCUT2D eigenvalue weighted by molar-refractivity contribution is 6.30. The Bertz CT molecular complexity index is 696. The highest BCUT2D eigenvalue weighted by Crippen LogP contribution is 2.23. The summed E-state index contributed by atoms with van der Waals surface area (Å²) in [6.07, 6.45) is 0. The van der Waals surface area contributed by atoms with Crippen LogP contribution < -0.4 is 5.32 Å². The average molecular weight is 323 g/mol. The molecule has 1 heterocycles. The molecule has 0 fully saturated rings. The molecule has 6 nitrogen and oxygen atoms in total. The van der Waals surface area contributed by atoms with Crippen molar-refractivity contribution >= 4 is 23.5 Å². The fourth-order valence-electron chi connectivity index (χ4n) is 1.89. The SMILES string of the molecule is CC(C)[C@H](NC(=O)c1cc(-c2cccc(Cl)c2)on1)C(=O)O. The number of carboxylic acids is 1.